The van der Waals surface area contributed by atoms with Crippen LogP contribution in [0.4, 0.5) is 0 Å². The van der Waals surface area contributed by atoms with Gasteiger partial charge in [0, 0.05) is 30.5 Å². The van der Waals surface area contributed by atoms with Crippen LogP contribution in [0.1, 0.15) is 31.2 Å². The Bertz CT molecular complexity index is 633. The second-order valence-corrected chi connectivity index (χ2v) is 6.08. The molecule has 2 fully saturated rings. The maximum absolute atomic E-state index is 5.87. The van der Waals surface area contributed by atoms with Crippen LogP contribution in [0.15, 0.2) is 42.7 Å². The summed E-state index contributed by atoms with van der Waals surface area (Å²) in [7, 11) is 0. The first-order valence-corrected chi connectivity index (χ1v) is 7.81. The van der Waals surface area contributed by atoms with E-state index in [4.69, 9.17) is 4.74 Å². The lowest BCUT2D eigenvalue weighted by atomic mass is 10.1. The average Bonchev–Trinajstić information content (AvgIpc) is 3.41. The molecule has 0 bridgehead atoms. The van der Waals surface area contributed by atoms with Gasteiger partial charge in [0.05, 0.1) is 6.10 Å². The van der Waals surface area contributed by atoms with Crippen LogP contribution in [0, 0.1) is 0 Å². The Morgan fingerprint density at radius 2 is 1.95 bits per heavy atom. The molecule has 21 heavy (non-hydrogen) atoms. The first-order chi connectivity index (χ1) is 10.4. The summed E-state index contributed by atoms with van der Waals surface area (Å²) in [5.41, 5.74) is 3.58. The van der Waals surface area contributed by atoms with E-state index in [0.717, 1.165) is 23.9 Å². The lowest BCUT2D eigenvalue weighted by molar-refractivity contribution is 0.303. The smallest absolute Gasteiger partial charge is 0.120 e. The van der Waals surface area contributed by atoms with Gasteiger partial charge in [-0.2, -0.15) is 0 Å². The van der Waals surface area contributed by atoms with Crippen molar-refractivity contribution in [1.82, 2.24) is 10.3 Å². The summed E-state index contributed by atoms with van der Waals surface area (Å²) >= 11 is 0. The number of pyridine rings is 1. The minimum atomic E-state index is 0.437. The van der Waals surface area contributed by atoms with E-state index in [1.807, 2.05) is 18.5 Å². The molecule has 0 saturated heterocycles. The number of hydrogen-bond acceptors (Lipinski definition) is 3. The Morgan fingerprint density at radius 1 is 1.05 bits per heavy atom. The molecule has 2 aliphatic rings. The van der Waals surface area contributed by atoms with Gasteiger partial charge < -0.3 is 10.1 Å². The number of aromatic nitrogens is 1. The van der Waals surface area contributed by atoms with Crippen LogP contribution in [-0.2, 0) is 6.54 Å². The summed E-state index contributed by atoms with van der Waals surface area (Å²) < 4.78 is 5.87. The van der Waals surface area contributed by atoms with Crippen molar-refractivity contribution in [2.24, 2.45) is 0 Å². The van der Waals surface area contributed by atoms with Gasteiger partial charge in [-0.05, 0) is 55.0 Å². The van der Waals surface area contributed by atoms with Crippen molar-refractivity contribution in [3.05, 3.63) is 48.3 Å². The molecule has 0 atom stereocenters. The summed E-state index contributed by atoms with van der Waals surface area (Å²) in [5.74, 6) is 0.969. The van der Waals surface area contributed by atoms with Gasteiger partial charge >= 0.3 is 0 Å². The van der Waals surface area contributed by atoms with Gasteiger partial charge in [0.1, 0.15) is 5.75 Å². The number of hydrogen-bond donors (Lipinski definition) is 1. The van der Waals surface area contributed by atoms with E-state index in [2.05, 4.69) is 34.6 Å². The van der Waals surface area contributed by atoms with Gasteiger partial charge in [0.25, 0.3) is 0 Å². The molecule has 108 valence electrons. The van der Waals surface area contributed by atoms with E-state index in [1.165, 1.54) is 36.8 Å². The molecule has 1 aromatic heterocycles. The molecule has 1 heterocycles. The molecule has 2 aliphatic carbocycles. The van der Waals surface area contributed by atoms with E-state index in [0.29, 0.717) is 6.10 Å². The topological polar surface area (TPSA) is 34.1 Å². The maximum atomic E-state index is 5.87. The molecule has 3 nitrogen and oxygen atoms in total. The Labute approximate surface area is 125 Å². The van der Waals surface area contributed by atoms with Gasteiger partial charge in [0.15, 0.2) is 0 Å². The van der Waals surface area contributed by atoms with E-state index in [9.17, 15) is 0 Å². The van der Waals surface area contributed by atoms with Crippen molar-refractivity contribution in [3.8, 4) is 16.9 Å². The molecular weight excluding hydrogens is 260 g/mol. The Hall–Kier alpha value is -1.87. The molecule has 2 aromatic rings. The van der Waals surface area contributed by atoms with Crippen LogP contribution in [-0.4, -0.2) is 17.1 Å². The first kappa shape index (κ1) is 12.8. The van der Waals surface area contributed by atoms with Crippen LogP contribution in [0.5, 0.6) is 5.75 Å². The molecule has 1 N–H and O–H groups in total. The van der Waals surface area contributed by atoms with Crippen LogP contribution in [0.3, 0.4) is 0 Å². The molecule has 0 amide bonds. The zero-order valence-electron chi connectivity index (χ0n) is 12.1. The average molecular weight is 280 g/mol. The molecule has 0 radical (unpaired) electrons. The molecule has 4 rings (SSSR count). The normalized spacial score (nSPS) is 17.7. The number of ether oxygens (including phenoxy) is 1. The zero-order valence-corrected chi connectivity index (χ0v) is 12.1. The second kappa shape index (κ2) is 5.49. The minimum Gasteiger partial charge on any atom is -0.490 e. The third-order valence-electron chi connectivity index (χ3n) is 3.96. The summed E-state index contributed by atoms with van der Waals surface area (Å²) in [6.07, 6.45) is 9.32. The molecule has 0 spiro atoms. The van der Waals surface area contributed by atoms with Crippen LogP contribution in [0.25, 0.3) is 11.1 Å². The van der Waals surface area contributed by atoms with E-state index in [1.54, 1.807) is 0 Å². The lowest BCUT2D eigenvalue weighted by Gasteiger charge is -2.08. The highest BCUT2D eigenvalue weighted by atomic mass is 16.5. The van der Waals surface area contributed by atoms with E-state index >= 15 is 0 Å². The van der Waals surface area contributed by atoms with Gasteiger partial charge in [-0.15, -0.1) is 0 Å². The van der Waals surface area contributed by atoms with Gasteiger partial charge in [-0.3, -0.25) is 4.98 Å². The molecule has 0 unspecified atom stereocenters. The van der Waals surface area contributed by atoms with Crippen molar-refractivity contribution >= 4 is 0 Å². The molecule has 0 aliphatic heterocycles. The monoisotopic (exact) mass is 280 g/mol. The second-order valence-electron chi connectivity index (χ2n) is 6.08. The van der Waals surface area contributed by atoms with Crippen molar-refractivity contribution in [1.29, 1.82) is 0 Å². The number of nitrogens with one attached hydrogen (secondary N) is 1. The highest BCUT2D eigenvalue weighted by molar-refractivity contribution is 5.64. The Morgan fingerprint density at radius 3 is 2.76 bits per heavy atom. The highest BCUT2D eigenvalue weighted by Gasteiger charge is 2.23. The summed E-state index contributed by atoms with van der Waals surface area (Å²) in [6, 6.07) is 11.3. The maximum Gasteiger partial charge on any atom is 0.120 e. The van der Waals surface area contributed by atoms with Crippen molar-refractivity contribution in [3.63, 3.8) is 0 Å². The summed E-state index contributed by atoms with van der Waals surface area (Å²) in [4.78, 5) is 4.38. The van der Waals surface area contributed by atoms with Gasteiger partial charge in [-0.25, -0.2) is 0 Å². The minimum absolute atomic E-state index is 0.437. The predicted octanol–water partition coefficient (Wildman–Crippen LogP) is 3.54. The lowest BCUT2D eigenvalue weighted by Crippen LogP contribution is -2.15. The first-order valence-electron chi connectivity index (χ1n) is 7.81. The fourth-order valence-corrected chi connectivity index (χ4v) is 2.42. The number of rotatable bonds is 6. The van der Waals surface area contributed by atoms with E-state index in [-0.39, 0.29) is 0 Å². The highest BCUT2D eigenvalue weighted by Crippen LogP contribution is 2.30. The quantitative estimate of drug-likeness (QED) is 0.878. The summed E-state index contributed by atoms with van der Waals surface area (Å²) in [6.45, 7) is 0.907. The van der Waals surface area contributed by atoms with E-state index < -0.39 is 0 Å². The molecule has 3 heteroatoms. The number of benzene rings is 1. The zero-order chi connectivity index (χ0) is 14.1. The fourth-order valence-electron chi connectivity index (χ4n) is 2.42. The molecule has 2 saturated carbocycles. The van der Waals surface area contributed by atoms with Crippen LogP contribution in [0.2, 0.25) is 0 Å². The largest absolute Gasteiger partial charge is 0.490 e. The molecule has 1 aromatic carbocycles. The molecular formula is C18H20N2O. The SMILES string of the molecule is c1cc(OC2CC2)cc(-c2cncc(CNC3CC3)c2)c1. The third kappa shape index (κ3) is 3.42. The Balaban J connectivity index is 1.52. The van der Waals surface area contributed by atoms with Gasteiger partial charge in [0.2, 0.25) is 0 Å². The van der Waals surface area contributed by atoms with Crippen LogP contribution >= 0.6 is 0 Å². The predicted molar refractivity (Wildman–Crippen MR) is 83.2 cm³/mol. The van der Waals surface area contributed by atoms with Crippen LogP contribution < -0.4 is 10.1 Å². The standard InChI is InChI=1S/C18H20N2O/c1-2-14(9-18(3-1)21-17-6-7-17)15-8-13(10-19-12-15)11-20-16-4-5-16/h1-3,8-10,12,16-17,20H,4-7,11H2. The Kier molecular flexibility index (Phi) is 3.36. The number of nitrogens with zero attached hydrogens (tertiary/aromatic N) is 1. The summed E-state index contributed by atoms with van der Waals surface area (Å²) in [5, 5.41) is 3.53. The van der Waals surface area contributed by atoms with Crippen molar-refractivity contribution in [2.45, 2.75) is 44.4 Å². The fraction of sp³-hybridized carbons (Fsp3) is 0.389. The van der Waals surface area contributed by atoms with Crippen molar-refractivity contribution < 1.29 is 4.74 Å². The van der Waals surface area contributed by atoms with Gasteiger partial charge in [-0.1, -0.05) is 12.1 Å². The third-order valence-corrected chi connectivity index (χ3v) is 3.96. The van der Waals surface area contributed by atoms with Crippen molar-refractivity contribution in [2.75, 3.05) is 0 Å².